The molecule has 0 aromatic heterocycles. The van der Waals surface area contributed by atoms with E-state index in [1.807, 2.05) is 12.1 Å². The first-order valence-electron chi connectivity index (χ1n) is 9.58. The lowest BCUT2D eigenvalue weighted by Gasteiger charge is -2.39. The zero-order valence-electron chi connectivity index (χ0n) is 15.4. The van der Waals surface area contributed by atoms with Gasteiger partial charge in [-0.2, -0.15) is 0 Å². The molecule has 25 heavy (non-hydrogen) atoms. The maximum absolute atomic E-state index is 12.4. The molecule has 5 nitrogen and oxygen atoms in total. The lowest BCUT2D eigenvalue weighted by Crippen LogP contribution is -2.51. The quantitative estimate of drug-likeness (QED) is 0.854. The van der Waals surface area contributed by atoms with Gasteiger partial charge in [-0.3, -0.25) is 14.6 Å². The van der Waals surface area contributed by atoms with Crippen molar-refractivity contribution in [1.29, 1.82) is 0 Å². The molecule has 2 aliphatic rings. The summed E-state index contributed by atoms with van der Waals surface area (Å²) in [6, 6.07) is 8.72. The molecule has 0 radical (unpaired) electrons. The molecule has 1 atom stereocenters. The van der Waals surface area contributed by atoms with Crippen molar-refractivity contribution in [2.75, 3.05) is 45.9 Å². The number of hydrogen-bond acceptors (Lipinski definition) is 4. The van der Waals surface area contributed by atoms with Gasteiger partial charge < -0.3 is 10.1 Å². The number of nitrogens with one attached hydrogen (secondary N) is 1. The van der Waals surface area contributed by atoms with Crippen LogP contribution in [0.2, 0.25) is 0 Å². The van der Waals surface area contributed by atoms with Gasteiger partial charge in [-0.05, 0) is 37.4 Å². The number of piperidine rings is 1. The Labute approximate surface area is 151 Å². The molecule has 0 unspecified atom stereocenters. The lowest BCUT2D eigenvalue weighted by atomic mass is 10.0. The van der Waals surface area contributed by atoms with Gasteiger partial charge in [-0.25, -0.2) is 0 Å². The number of ether oxygens (including phenoxy) is 1. The van der Waals surface area contributed by atoms with E-state index in [1.54, 1.807) is 0 Å². The lowest BCUT2D eigenvalue weighted by molar-refractivity contribution is -0.123. The van der Waals surface area contributed by atoms with Crippen LogP contribution < -0.4 is 5.32 Å². The fourth-order valence-electron chi connectivity index (χ4n) is 3.80. The summed E-state index contributed by atoms with van der Waals surface area (Å²) in [5, 5.41) is 3.10. The van der Waals surface area contributed by atoms with Crippen LogP contribution in [0.3, 0.4) is 0 Å². The van der Waals surface area contributed by atoms with Crippen LogP contribution in [0, 0.1) is 6.92 Å². The predicted molar refractivity (Wildman–Crippen MR) is 99.5 cm³/mol. The maximum atomic E-state index is 12.4. The molecule has 1 amide bonds. The molecule has 3 rings (SSSR count). The summed E-state index contributed by atoms with van der Waals surface area (Å²) >= 11 is 0. The Kier molecular flexibility index (Phi) is 6.84. The van der Waals surface area contributed by atoms with E-state index in [1.165, 1.54) is 30.4 Å². The second-order valence-electron chi connectivity index (χ2n) is 7.24. The SMILES string of the molecule is Cc1ccccc1CNC(=O)CN1CCCC[C@H]1CN1CCOCC1. The van der Waals surface area contributed by atoms with E-state index in [9.17, 15) is 4.79 Å². The Hall–Kier alpha value is -1.43. The normalized spacial score (nSPS) is 22.7. The van der Waals surface area contributed by atoms with E-state index >= 15 is 0 Å². The fourth-order valence-corrected chi connectivity index (χ4v) is 3.80. The van der Waals surface area contributed by atoms with Gasteiger partial charge in [-0.15, -0.1) is 0 Å². The van der Waals surface area contributed by atoms with Crippen LogP contribution in [0.4, 0.5) is 0 Å². The highest BCUT2D eigenvalue weighted by Gasteiger charge is 2.26. The van der Waals surface area contributed by atoms with Crippen molar-refractivity contribution in [3.63, 3.8) is 0 Å². The minimum atomic E-state index is 0.136. The predicted octanol–water partition coefficient (Wildman–Crippen LogP) is 1.80. The Morgan fingerprint density at radius 1 is 1.20 bits per heavy atom. The average Bonchev–Trinajstić information content (AvgIpc) is 2.64. The first-order chi connectivity index (χ1) is 12.2. The Bertz CT molecular complexity index is 558. The minimum Gasteiger partial charge on any atom is -0.379 e. The molecule has 0 spiro atoms. The highest BCUT2D eigenvalue weighted by atomic mass is 16.5. The van der Waals surface area contributed by atoms with E-state index in [0.717, 1.165) is 39.4 Å². The second-order valence-corrected chi connectivity index (χ2v) is 7.24. The summed E-state index contributed by atoms with van der Waals surface area (Å²) in [6.45, 7) is 9.03. The molecule has 2 aliphatic heterocycles. The maximum Gasteiger partial charge on any atom is 0.234 e. The third-order valence-electron chi connectivity index (χ3n) is 5.41. The van der Waals surface area contributed by atoms with Gasteiger partial charge in [0.2, 0.25) is 5.91 Å². The molecule has 2 heterocycles. The number of amides is 1. The first kappa shape index (κ1) is 18.4. The van der Waals surface area contributed by atoms with Crippen LogP contribution in [-0.4, -0.2) is 67.7 Å². The highest BCUT2D eigenvalue weighted by Crippen LogP contribution is 2.18. The first-order valence-corrected chi connectivity index (χ1v) is 9.58. The number of aryl methyl sites for hydroxylation is 1. The average molecular weight is 345 g/mol. The van der Waals surface area contributed by atoms with Gasteiger partial charge in [0.15, 0.2) is 0 Å². The summed E-state index contributed by atoms with van der Waals surface area (Å²) in [5.74, 6) is 0.136. The summed E-state index contributed by atoms with van der Waals surface area (Å²) in [4.78, 5) is 17.3. The molecular formula is C20H31N3O2. The van der Waals surface area contributed by atoms with Crippen LogP contribution in [0.15, 0.2) is 24.3 Å². The van der Waals surface area contributed by atoms with E-state index in [-0.39, 0.29) is 5.91 Å². The Morgan fingerprint density at radius 3 is 2.80 bits per heavy atom. The standard InChI is InChI=1S/C20H31N3O2/c1-17-6-2-3-7-18(17)14-21-20(24)16-23-9-5-4-8-19(23)15-22-10-12-25-13-11-22/h2-3,6-7,19H,4-5,8-16H2,1H3,(H,21,24)/t19-/m0/s1. The monoisotopic (exact) mass is 345 g/mol. The highest BCUT2D eigenvalue weighted by molar-refractivity contribution is 5.78. The number of nitrogens with zero attached hydrogens (tertiary/aromatic N) is 2. The zero-order valence-corrected chi connectivity index (χ0v) is 15.4. The molecule has 2 fully saturated rings. The largest absolute Gasteiger partial charge is 0.379 e. The molecule has 5 heteroatoms. The minimum absolute atomic E-state index is 0.136. The van der Waals surface area contributed by atoms with Crippen molar-refractivity contribution in [1.82, 2.24) is 15.1 Å². The molecule has 1 aromatic carbocycles. The smallest absolute Gasteiger partial charge is 0.234 e. The number of rotatable bonds is 6. The summed E-state index contributed by atoms with van der Waals surface area (Å²) in [5.41, 5.74) is 2.42. The van der Waals surface area contributed by atoms with Crippen molar-refractivity contribution in [2.45, 2.75) is 38.8 Å². The topological polar surface area (TPSA) is 44.8 Å². The van der Waals surface area contributed by atoms with Crippen LogP contribution in [0.1, 0.15) is 30.4 Å². The third-order valence-corrected chi connectivity index (χ3v) is 5.41. The third kappa shape index (κ3) is 5.53. The number of morpholine rings is 1. The van der Waals surface area contributed by atoms with Gasteiger partial charge in [-0.1, -0.05) is 30.7 Å². The molecule has 138 valence electrons. The van der Waals surface area contributed by atoms with Crippen molar-refractivity contribution in [3.8, 4) is 0 Å². The molecule has 2 saturated heterocycles. The van der Waals surface area contributed by atoms with Gasteiger partial charge >= 0.3 is 0 Å². The van der Waals surface area contributed by atoms with E-state index in [2.05, 4.69) is 34.2 Å². The second kappa shape index (κ2) is 9.32. The summed E-state index contributed by atoms with van der Waals surface area (Å²) < 4.78 is 5.44. The molecule has 1 N–H and O–H groups in total. The molecule has 1 aromatic rings. The number of likely N-dealkylation sites (tertiary alicyclic amines) is 1. The van der Waals surface area contributed by atoms with Crippen LogP contribution >= 0.6 is 0 Å². The molecule has 0 aliphatic carbocycles. The van der Waals surface area contributed by atoms with Crippen LogP contribution in [-0.2, 0) is 16.1 Å². The molecule has 0 saturated carbocycles. The Balaban J connectivity index is 1.48. The number of benzene rings is 1. The zero-order chi connectivity index (χ0) is 17.5. The molecule has 0 bridgehead atoms. The number of carbonyl (C=O) groups is 1. The van der Waals surface area contributed by atoms with Crippen molar-refractivity contribution in [3.05, 3.63) is 35.4 Å². The van der Waals surface area contributed by atoms with E-state index in [0.29, 0.717) is 19.1 Å². The van der Waals surface area contributed by atoms with Gasteiger partial charge in [0.25, 0.3) is 0 Å². The number of carbonyl (C=O) groups excluding carboxylic acids is 1. The molecular weight excluding hydrogens is 314 g/mol. The van der Waals surface area contributed by atoms with Crippen molar-refractivity contribution < 1.29 is 9.53 Å². The summed E-state index contributed by atoms with van der Waals surface area (Å²) in [6.07, 6.45) is 3.67. The summed E-state index contributed by atoms with van der Waals surface area (Å²) in [7, 11) is 0. The van der Waals surface area contributed by atoms with E-state index in [4.69, 9.17) is 4.74 Å². The van der Waals surface area contributed by atoms with Crippen LogP contribution in [0.5, 0.6) is 0 Å². The van der Waals surface area contributed by atoms with Crippen molar-refractivity contribution >= 4 is 5.91 Å². The Morgan fingerprint density at radius 2 is 2.00 bits per heavy atom. The number of hydrogen-bond donors (Lipinski definition) is 1. The van der Waals surface area contributed by atoms with Gasteiger partial charge in [0.05, 0.1) is 19.8 Å². The fraction of sp³-hybridized carbons (Fsp3) is 0.650. The van der Waals surface area contributed by atoms with Crippen molar-refractivity contribution in [2.24, 2.45) is 0 Å². The van der Waals surface area contributed by atoms with Gasteiger partial charge in [0, 0.05) is 32.2 Å². The van der Waals surface area contributed by atoms with Gasteiger partial charge in [0.1, 0.15) is 0 Å². The van der Waals surface area contributed by atoms with Crippen LogP contribution in [0.25, 0.3) is 0 Å². The van der Waals surface area contributed by atoms with E-state index < -0.39 is 0 Å².